The van der Waals surface area contributed by atoms with E-state index >= 15 is 0 Å². The summed E-state index contributed by atoms with van der Waals surface area (Å²) in [6.45, 7) is 1.62. The van der Waals surface area contributed by atoms with E-state index in [1.54, 1.807) is 6.92 Å². The molecule has 0 saturated carbocycles. The molecular weight excluding hydrogens is 264 g/mol. The van der Waals surface area contributed by atoms with Crippen molar-refractivity contribution in [3.05, 3.63) is 29.5 Å². The third kappa shape index (κ3) is 2.66. The van der Waals surface area contributed by atoms with Gasteiger partial charge in [0.05, 0.1) is 5.71 Å². The van der Waals surface area contributed by atoms with Gasteiger partial charge in [-0.25, -0.2) is 4.63 Å². The lowest BCUT2D eigenvalue weighted by atomic mass is 10.1. The Morgan fingerprint density at radius 3 is 2.60 bits per heavy atom. The minimum atomic E-state index is -0.123. The summed E-state index contributed by atoms with van der Waals surface area (Å²) in [5.41, 5.74) is 12.0. The SMILES string of the molecule is C/C(=N/N=C(\N)c1nonc1N)c1ccc(O)cc1O. The molecule has 0 radical (unpaired) electrons. The fraction of sp³-hybridized carbons (Fsp3) is 0.0909. The van der Waals surface area contributed by atoms with Crippen molar-refractivity contribution in [2.75, 3.05) is 5.73 Å². The number of nitrogens with two attached hydrogens (primary N) is 2. The van der Waals surface area contributed by atoms with Gasteiger partial charge in [-0.05, 0) is 29.4 Å². The summed E-state index contributed by atoms with van der Waals surface area (Å²) >= 11 is 0. The Bertz CT molecular complexity index is 691. The maximum atomic E-state index is 9.68. The lowest BCUT2D eigenvalue weighted by Crippen LogP contribution is -2.15. The summed E-state index contributed by atoms with van der Waals surface area (Å²) in [6.07, 6.45) is 0. The van der Waals surface area contributed by atoms with Crippen molar-refractivity contribution in [2.45, 2.75) is 6.92 Å². The van der Waals surface area contributed by atoms with Crippen LogP contribution in [0.5, 0.6) is 11.5 Å². The number of benzene rings is 1. The van der Waals surface area contributed by atoms with Crippen LogP contribution in [-0.2, 0) is 0 Å². The van der Waals surface area contributed by atoms with Gasteiger partial charge >= 0.3 is 0 Å². The number of hydrogen-bond donors (Lipinski definition) is 4. The van der Waals surface area contributed by atoms with E-state index in [9.17, 15) is 10.2 Å². The van der Waals surface area contributed by atoms with Gasteiger partial charge in [-0.3, -0.25) is 0 Å². The number of amidine groups is 1. The van der Waals surface area contributed by atoms with Crippen LogP contribution in [0.25, 0.3) is 0 Å². The minimum Gasteiger partial charge on any atom is -0.508 e. The molecule has 2 rings (SSSR count). The first kappa shape index (κ1) is 13.3. The van der Waals surface area contributed by atoms with Crippen molar-refractivity contribution in [2.24, 2.45) is 15.9 Å². The lowest BCUT2D eigenvalue weighted by molar-refractivity contribution is 0.308. The van der Waals surface area contributed by atoms with Gasteiger partial charge in [0.2, 0.25) is 0 Å². The monoisotopic (exact) mass is 276 g/mol. The molecule has 0 atom stereocenters. The van der Waals surface area contributed by atoms with E-state index in [1.165, 1.54) is 18.2 Å². The average Bonchev–Trinajstić information content (AvgIpc) is 2.82. The van der Waals surface area contributed by atoms with Crippen LogP contribution in [0.15, 0.2) is 33.0 Å². The quantitative estimate of drug-likeness (QED) is 0.354. The van der Waals surface area contributed by atoms with Gasteiger partial charge in [0.15, 0.2) is 17.3 Å². The Morgan fingerprint density at radius 1 is 1.25 bits per heavy atom. The Morgan fingerprint density at radius 2 is 2.00 bits per heavy atom. The zero-order valence-corrected chi connectivity index (χ0v) is 10.5. The lowest BCUT2D eigenvalue weighted by Gasteiger charge is -2.03. The highest BCUT2D eigenvalue weighted by Crippen LogP contribution is 2.23. The Hall–Kier alpha value is -3.10. The molecule has 6 N–H and O–H groups in total. The van der Waals surface area contributed by atoms with Gasteiger partial charge in [-0.1, -0.05) is 0 Å². The van der Waals surface area contributed by atoms with Crippen molar-refractivity contribution < 1.29 is 14.8 Å². The van der Waals surface area contributed by atoms with E-state index in [4.69, 9.17) is 11.5 Å². The summed E-state index contributed by atoms with van der Waals surface area (Å²) in [6, 6.07) is 4.11. The summed E-state index contributed by atoms with van der Waals surface area (Å²) < 4.78 is 4.39. The van der Waals surface area contributed by atoms with Crippen LogP contribution < -0.4 is 11.5 Å². The normalized spacial score (nSPS) is 12.7. The number of anilines is 1. The summed E-state index contributed by atoms with van der Waals surface area (Å²) in [5.74, 6) is -0.237. The maximum absolute atomic E-state index is 9.68. The molecule has 0 aliphatic heterocycles. The van der Waals surface area contributed by atoms with E-state index in [0.29, 0.717) is 11.3 Å². The van der Waals surface area contributed by atoms with Crippen LogP contribution in [0.3, 0.4) is 0 Å². The number of nitrogen functional groups attached to an aromatic ring is 1. The molecule has 9 nitrogen and oxygen atoms in total. The summed E-state index contributed by atoms with van der Waals surface area (Å²) in [5, 5.41) is 33.3. The van der Waals surface area contributed by atoms with Gasteiger partial charge in [0, 0.05) is 11.6 Å². The van der Waals surface area contributed by atoms with E-state index in [1.807, 2.05) is 0 Å². The van der Waals surface area contributed by atoms with E-state index in [2.05, 4.69) is 25.1 Å². The number of phenols is 2. The first-order chi connectivity index (χ1) is 9.49. The first-order valence-electron chi connectivity index (χ1n) is 5.47. The van der Waals surface area contributed by atoms with Crippen LogP contribution in [0, 0.1) is 0 Å². The highest BCUT2D eigenvalue weighted by molar-refractivity contribution is 6.03. The van der Waals surface area contributed by atoms with Gasteiger partial charge < -0.3 is 21.7 Å². The fourth-order valence-corrected chi connectivity index (χ4v) is 1.43. The molecule has 2 aromatic rings. The Kier molecular flexibility index (Phi) is 3.51. The number of aromatic nitrogens is 2. The number of aromatic hydroxyl groups is 2. The van der Waals surface area contributed by atoms with Crippen LogP contribution in [0.4, 0.5) is 5.82 Å². The number of rotatable bonds is 3. The molecule has 1 aromatic heterocycles. The summed E-state index contributed by atoms with van der Waals surface area (Å²) in [7, 11) is 0. The molecular formula is C11H12N6O3. The molecule has 20 heavy (non-hydrogen) atoms. The van der Waals surface area contributed by atoms with E-state index < -0.39 is 0 Å². The van der Waals surface area contributed by atoms with Gasteiger partial charge in [-0.15, -0.1) is 5.10 Å². The zero-order chi connectivity index (χ0) is 14.7. The molecule has 0 fully saturated rings. The first-order valence-corrected chi connectivity index (χ1v) is 5.47. The minimum absolute atomic E-state index is 0.00610. The predicted molar refractivity (Wildman–Crippen MR) is 71.4 cm³/mol. The van der Waals surface area contributed by atoms with Gasteiger partial charge in [0.1, 0.15) is 11.5 Å². The molecule has 0 aliphatic carbocycles. The molecule has 0 aliphatic rings. The van der Waals surface area contributed by atoms with E-state index in [0.717, 1.165) is 0 Å². The van der Waals surface area contributed by atoms with Crippen LogP contribution in [0.2, 0.25) is 0 Å². The second-order valence-electron chi connectivity index (χ2n) is 3.87. The summed E-state index contributed by atoms with van der Waals surface area (Å²) in [4.78, 5) is 0. The van der Waals surface area contributed by atoms with Gasteiger partial charge in [0.25, 0.3) is 0 Å². The fourth-order valence-electron chi connectivity index (χ4n) is 1.43. The van der Waals surface area contributed by atoms with Gasteiger partial charge in [-0.2, -0.15) is 5.10 Å². The van der Waals surface area contributed by atoms with Crippen molar-refractivity contribution in [3.8, 4) is 11.5 Å². The standard InChI is InChI=1S/C11H12N6O3/c1-5(7-3-2-6(18)4-8(7)19)14-15-10(12)9-11(13)17-20-16-9/h2-4,18-19H,1H3,(H2,12,15)(H2,13,17)/b14-5-. The molecule has 0 bridgehead atoms. The smallest absolute Gasteiger partial charge is 0.199 e. The van der Waals surface area contributed by atoms with Crippen LogP contribution >= 0.6 is 0 Å². The second kappa shape index (κ2) is 5.26. The topological polar surface area (TPSA) is 156 Å². The predicted octanol–water partition coefficient (Wildman–Crippen LogP) is 0.193. The van der Waals surface area contributed by atoms with Crippen LogP contribution in [-0.4, -0.2) is 32.1 Å². The molecule has 104 valence electrons. The maximum Gasteiger partial charge on any atom is 0.199 e. The van der Waals surface area contributed by atoms with Crippen molar-refractivity contribution in [1.82, 2.24) is 10.3 Å². The van der Waals surface area contributed by atoms with Crippen LogP contribution in [0.1, 0.15) is 18.2 Å². The molecule has 0 saturated heterocycles. The third-order valence-corrected chi connectivity index (χ3v) is 2.44. The molecule has 0 unspecified atom stereocenters. The Labute approximate surface area is 113 Å². The Balaban J connectivity index is 2.29. The largest absolute Gasteiger partial charge is 0.508 e. The highest BCUT2D eigenvalue weighted by Gasteiger charge is 2.11. The van der Waals surface area contributed by atoms with Crippen molar-refractivity contribution >= 4 is 17.4 Å². The van der Waals surface area contributed by atoms with Crippen molar-refractivity contribution in [3.63, 3.8) is 0 Å². The third-order valence-electron chi connectivity index (χ3n) is 2.44. The van der Waals surface area contributed by atoms with E-state index in [-0.39, 0.29) is 28.8 Å². The molecule has 1 heterocycles. The number of nitrogens with zero attached hydrogens (tertiary/aromatic N) is 4. The molecule has 9 heteroatoms. The molecule has 0 spiro atoms. The van der Waals surface area contributed by atoms with Crippen molar-refractivity contribution in [1.29, 1.82) is 0 Å². The zero-order valence-electron chi connectivity index (χ0n) is 10.5. The molecule has 1 aromatic carbocycles. The second-order valence-corrected chi connectivity index (χ2v) is 3.87. The average molecular weight is 276 g/mol. The molecule has 0 amide bonds. The number of hydrogen-bond acceptors (Lipinski definition) is 8. The highest BCUT2D eigenvalue weighted by atomic mass is 16.6. The number of phenolic OH excluding ortho intramolecular Hbond substituents is 2.